The smallest absolute Gasteiger partial charge is 0.274 e. The van der Waals surface area contributed by atoms with Gasteiger partial charge in [-0.05, 0) is 43.2 Å². The number of anilines is 1. The van der Waals surface area contributed by atoms with E-state index in [1.165, 1.54) is 0 Å². The summed E-state index contributed by atoms with van der Waals surface area (Å²) in [5, 5.41) is 0. The van der Waals surface area contributed by atoms with Crippen molar-refractivity contribution in [3.05, 3.63) is 54.2 Å². The van der Waals surface area contributed by atoms with Crippen molar-refractivity contribution in [3.8, 4) is 0 Å². The van der Waals surface area contributed by atoms with Gasteiger partial charge in [0, 0.05) is 24.7 Å². The molecule has 0 atom stereocenters. The van der Waals surface area contributed by atoms with Crippen LogP contribution in [-0.4, -0.2) is 62.8 Å². The lowest BCUT2D eigenvalue weighted by Gasteiger charge is -2.31. The molecule has 0 saturated carbocycles. The molecule has 3 heterocycles. The van der Waals surface area contributed by atoms with Gasteiger partial charge in [-0.1, -0.05) is 12.5 Å². The van der Waals surface area contributed by atoms with E-state index in [0.29, 0.717) is 31.7 Å². The van der Waals surface area contributed by atoms with Crippen molar-refractivity contribution in [2.45, 2.75) is 24.2 Å². The number of pyridine rings is 1. The van der Waals surface area contributed by atoms with E-state index in [1.54, 1.807) is 28.6 Å². The summed E-state index contributed by atoms with van der Waals surface area (Å²) in [5.74, 6) is 0.996. The van der Waals surface area contributed by atoms with E-state index in [1.807, 2.05) is 29.3 Å². The highest BCUT2D eigenvalue weighted by molar-refractivity contribution is 7.89. The molecule has 0 unspecified atom stereocenters. The highest BCUT2D eigenvalue weighted by Crippen LogP contribution is 2.21. The molecular formula is C21H27N4O3S+. The molecular weight excluding hydrogens is 388 g/mol. The van der Waals surface area contributed by atoms with Crippen LogP contribution in [0.3, 0.4) is 0 Å². The quantitative estimate of drug-likeness (QED) is 0.761. The monoisotopic (exact) mass is 415 g/mol. The number of carbonyl (C=O) groups excluding carboxylic acids is 1. The number of rotatable bonds is 4. The fourth-order valence-electron chi connectivity index (χ4n) is 3.94. The summed E-state index contributed by atoms with van der Waals surface area (Å²) in [6.45, 7) is 3.93. The lowest BCUT2D eigenvalue weighted by molar-refractivity contribution is -0.364. The largest absolute Gasteiger partial charge is 0.331 e. The van der Waals surface area contributed by atoms with Gasteiger partial charge in [0.05, 0.1) is 24.2 Å². The molecule has 2 aromatic rings. The van der Waals surface area contributed by atoms with Crippen LogP contribution in [0.1, 0.15) is 29.6 Å². The van der Waals surface area contributed by atoms with Gasteiger partial charge in [0.1, 0.15) is 13.1 Å². The van der Waals surface area contributed by atoms with Gasteiger partial charge in [-0.15, -0.1) is 0 Å². The minimum Gasteiger partial charge on any atom is -0.331 e. The van der Waals surface area contributed by atoms with E-state index < -0.39 is 10.0 Å². The number of benzene rings is 1. The van der Waals surface area contributed by atoms with E-state index in [0.717, 1.165) is 38.2 Å². The number of aromatic amines is 1. The maximum atomic E-state index is 12.8. The van der Waals surface area contributed by atoms with Crippen molar-refractivity contribution < 1.29 is 18.2 Å². The maximum absolute atomic E-state index is 12.8. The Balaban J connectivity index is 1.40. The second-order valence-corrected chi connectivity index (χ2v) is 9.45. The first-order valence-electron chi connectivity index (χ1n) is 10.2. The van der Waals surface area contributed by atoms with E-state index in [-0.39, 0.29) is 10.8 Å². The lowest BCUT2D eigenvalue weighted by atomic mass is 10.2. The number of sulfonamides is 1. The van der Waals surface area contributed by atoms with Crippen molar-refractivity contribution in [2.24, 2.45) is 0 Å². The Morgan fingerprint density at radius 2 is 1.52 bits per heavy atom. The molecule has 29 heavy (non-hydrogen) atoms. The summed E-state index contributed by atoms with van der Waals surface area (Å²) in [7, 11) is -3.47. The fraction of sp³-hybridized carbons (Fsp3) is 0.429. The van der Waals surface area contributed by atoms with E-state index in [2.05, 4.69) is 9.88 Å². The first kappa shape index (κ1) is 19.8. The van der Waals surface area contributed by atoms with Crippen molar-refractivity contribution in [3.63, 3.8) is 0 Å². The van der Waals surface area contributed by atoms with Gasteiger partial charge in [0.15, 0.2) is 0 Å². The average molecular weight is 416 g/mol. The molecule has 8 heteroatoms. The SMILES string of the molecule is O=C(c1ccc(S(=O)(=O)N2CCCCC2)cc1)N1CCN(c2cccc[nH+]2)CC1. The normalized spacial score (nSPS) is 18.6. The number of nitrogens with one attached hydrogen (secondary N) is 1. The van der Waals surface area contributed by atoms with E-state index in [9.17, 15) is 13.2 Å². The number of piperidine rings is 1. The lowest BCUT2D eigenvalue weighted by Crippen LogP contribution is -2.50. The first-order chi connectivity index (χ1) is 14.1. The van der Waals surface area contributed by atoms with Gasteiger partial charge in [0.25, 0.3) is 11.7 Å². The zero-order chi connectivity index (χ0) is 20.3. The zero-order valence-corrected chi connectivity index (χ0v) is 17.3. The van der Waals surface area contributed by atoms with E-state index in [4.69, 9.17) is 0 Å². The number of hydrogen-bond acceptors (Lipinski definition) is 4. The number of piperazine rings is 1. The molecule has 1 aromatic carbocycles. The van der Waals surface area contributed by atoms with E-state index >= 15 is 0 Å². The summed E-state index contributed by atoms with van der Waals surface area (Å²) in [5.41, 5.74) is 0.530. The first-order valence-corrected chi connectivity index (χ1v) is 11.6. The Morgan fingerprint density at radius 3 is 2.14 bits per heavy atom. The Labute approximate surface area is 172 Å². The van der Waals surface area contributed by atoms with Gasteiger partial charge in [-0.2, -0.15) is 4.31 Å². The predicted molar refractivity (Wildman–Crippen MR) is 110 cm³/mol. The van der Waals surface area contributed by atoms with Crippen molar-refractivity contribution in [2.75, 3.05) is 44.2 Å². The van der Waals surface area contributed by atoms with Crippen LogP contribution in [0.2, 0.25) is 0 Å². The third kappa shape index (κ3) is 4.28. The van der Waals surface area contributed by atoms with Crippen LogP contribution in [0.5, 0.6) is 0 Å². The predicted octanol–water partition coefficient (Wildman–Crippen LogP) is 1.64. The van der Waals surface area contributed by atoms with Crippen LogP contribution in [0.25, 0.3) is 0 Å². The zero-order valence-electron chi connectivity index (χ0n) is 16.5. The van der Waals surface area contributed by atoms with Crippen molar-refractivity contribution in [1.82, 2.24) is 9.21 Å². The van der Waals surface area contributed by atoms with Crippen LogP contribution in [-0.2, 0) is 10.0 Å². The third-order valence-corrected chi connectivity index (χ3v) is 7.57. The molecule has 0 radical (unpaired) electrons. The molecule has 1 aromatic heterocycles. The molecule has 1 N–H and O–H groups in total. The van der Waals surface area contributed by atoms with Crippen molar-refractivity contribution >= 4 is 21.7 Å². The summed E-state index contributed by atoms with van der Waals surface area (Å²) < 4.78 is 27.1. The Kier molecular flexibility index (Phi) is 5.82. The summed E-state index contributed by atoms with van der Waals surface area (Å²) in [4.78, 5) is 20.4. The molecule has 0 spiro atoms. The second-order valence-electron chi connectivity index (χ2n) is 7.52. The minimum absolute atomic E-state index is 0.0522. The van der Waals surface area contributed by atoms with Crippen LogP contribution in [0.15, 0.2) is 53.6 Å². The summed E-state index contributed by atoms with van der Waals surface area (Å²) in [6, 6.07) is 12.4. The number of aromatic nitrogens is 1. The van der Waals surface area contributed by atoms with Gasteiger partial charge >= 0.3 is 0 Å². The molecule has 2 aliphatic rings. The summed E-state index contributed by atoms with van der Waals surface area (Å²) >= 11 is 0. The molecule has 2 aliphatic heterocycles. The van der Waals surface area contributed by atoms with Gasteiger partial charge in [-0.25, -0.2) is 13.4 Å². The standard InChI is InChI=1S/C21H26N4O3S/c26-21(24-16-14-23(15-17-24)20-6-2-3-11-22-20)18-7-9-19(10-8-18)29(27,28)25-12-4-1-5-13-25/h2-3,6-11H,1,4-5,12-17H2/p+1. The topological polar surface area (TPSA) is 75.1 Å². The molecule has 4 rings (SSSR count). The average Bonchev–Trinajstić information content (AvgIpc) is 2.80. The number of nitrogens with zero attached hydrogens (tertiary/aromatic N) is 3. The molecule has 154 valence electrons. The second kappa shape index (κ2) is 8.51. The third-order valence-electron chi connectivity index (χ3n) is 5.65. The van der Waals surface area contributed by atoms with Crippen LogP contribution < -0.4 is 9.88 Å². The van der Waals surface area contributed by atoms with Crippen molar-refractivity contribution in [1.29, 1.82) is 0 Å². The molecule has 0 aliphatic carbocycles. The van der Waals surface area contributed by atoms with Crippen LogP contribution in [0.4, 0.5) is 5.82 Å². The number of H-pyrrole nitrogens is 1. The maximum Gasteiger partial charge on any atom is 0.274 e. The number of amides is 1. The molecule has 2 saturated heterocycles. The van der Waals surface area contributed by atoms with Crippen LogP contribution >= 0.6 is 0 Å². The van der Waals surface area contributed by atoms with Crippen LogP contribution in [0, 0.1) is 0 Å². The Morgan fingerprint density at radius 1 is 0.828 bits per heavy atom. The number of carbonyl (C=O) groups is 1. The highest BCUT2D eigenvalue weighted by Gasteiger charge is 2.28. The Bertz CT molecular complexity index is 934. The van der Waals surface area contributed by atoms with Gasteiger partial charge < -0.3 is 4.90 Å². The Hall–Kier alpha value is -2.45. The molecule has 7 nitrogen and oxygen atoms in total. The molecule has 2 fully saturated rings. The minimum atomic E-state index is -3.47. The van der Waals surface area contributed by atoms with Gasteiger partial charge in [0.2, 0.25) is 10.0 Å². The molecule has 0 bridgehead atoms. The fourth-order valence-corrected chi connectivity index (χ4v) is 5.45. The number of hydrogen-bond donors (Lipinski definition) is 0. The summed E-state index contributed by atoms with van der Waals surface area (Å²) in [6.07, 6.45) is 4.78. The highest BCUT2D eigenvalue weighted by atomic mass is 32.2. The molecule has 1 amide bonds. The van der Waals surface area contributed by atoms with Gasteiger partial charge in [-0.3, -0.25) is 9.69 Å².